The number of fused-ring (bicyclic) bond motifs is 1. The molecule has 1 aliphatic rings. The van der Waals surface area contributed by atoms with Gasteiger partial charge in [-0.2, -0.15) is 5.10 Å². The molecule has 2 aromatic rings. The van der Waals surface area contributed by atoms with Crippen LogP contribution < -0.4 is 0 Å². The van der Waals surface area contributed by atoms with Crippen LogP contribution in [0.2, 0.25) is 0 Å². The van der Waals surface area contributed by atoms with E-state index < -0.39 is 11.4 Å². The minimum Gasteiger partial charge on any atom is -0.459 e. The van der Waals surface area contributed by atoms with Gasteiger partial charge in [-0.15, -0.1) is 0 Å². The van der Waals surface area contributed by atoms with Gasteiger partial charge in [-0.3, -0.25) is 14.9 Å². The zero-order valence-corrected chi connectivity index (χ0v) is 17.7. The Bertz CT molecular complexity index is 929. The number of pyridine rings is 1. The lowest BCUT2D eigenvalue weighted by Gasteiger charge is -2.29. The fourth-order valence-corrected chi connectivity index (χ4v) is 3.71. The maximum atomic E-state index is 13.2. The summed E-state index contributed by atoms with van der Waals surface area (Å²) in [6, 6.07) is 3.44. The van der Waals surface area contributed by atoms with Crippen LogP contribution in [0.4, 0.5) is 0 Å². The van der Waals surface area contributed by atoms with Gasteiger partial charge >= 0.3 is 5.97 Å². The number of H-pyrrole nitrogens is 1. The summed E-state index contributed by atoms with van der Waals surface area (Å²) in [5.74, 6) is -0.704. The van der Waals surface area contributed by atoms with E-state index in [0.717, 1.165) is 24.1 Å². The van der Waals surface area contributed by atoms with Crippen molar-refractivity contribution in [2.24, 2.45) is 0 Å². The third-order valence-corrected chi connectivity index (χ3v) is 4.86. The van der Waals surface area contributed by atoms with Gasteiger partial charge in [-0.1, -0.05) is 27.2 Å². The van der Waals surface area contributed by atoms with Crippen LogP contribution in [0.5, 0.6) is 0 Å². The van der Waals surface area contributed by atoms with Gasteiger partial charge in [0.2, 0.25) is 0 Å². The van der Waals surface area contributed by atoms with Gasteiger partial charge in [0, 0.05) is 41.8 Å². The molecule has 0 saturated carbocycles. The lowest BCUT2D eigenvalue weighted by atomic mass is 9.81. The summed E-state index contributed by atoms with van der Waals surface area (Å²) >= 11 is 0. The van der Waals surface area contributed by atoms with Crippen molar-refractivity contribution in [3.63, 3.8) is 0 Å². The highest BCUT2D eigenvalue weighted by atomic mass is 16.5. The van der Waals surface area contributed by atoms with Crippen molar-refractivity contribution >= 4 is 17.4 Å². The topological polar surface area (TPSA) is 88.2 Å². The van der Waals surface area contributed by atoms with Crippen LogP contribution in [0.3, 0.4) is 0 Å². The molecular formula is C22H28N4O3. The van der Waals surface area contributed by atoms with Crippen molar-refractivity contribution in [3.8, 4) is 0 Å². The average Bonchev–Trinajstić information content (AvgIpc) is 3.04. The van der Waals surface area contributed by atoms with Gasteiger partial charge in [-0.05, 0) is 32.4 Å². The largest absolute Gasteiger partial charge is 0.459 e. The Morgan fingerprint density at radius 2 is 2.10 bits per heavy atom. The Hall–Kier alpha value is -2.96. The second-order valence-corrected chi connectivity index (χ2v) is 8.23. The zero-order chi connectivity index (χ0) is 21.2. The maximum Gasteiger partial charge on any atom is 0.342 e. The van der Waals surface area contributed by atoms with Gasteiger partial charge in [0.25, 0.3) is 5.91 Å². The number of amides is 1. The zero-order valence-electron chi connectivity index (χ0n) is 17.7. The van der Waals surface area contributed by atoms with E-state index in [1.165, 1.54) is 6.20 Å². The van der Waals surface area contributed by atoms with Gasteiger partial charge in [0.1, 0.15) is 11.3 Å². The normalized spacial score (nSPS) is 15.5. The number of ether oxygens (including phenoxy) is 1. The number of aromatic amines is 1. The molecule has 0 radical (unpaired) electrons. The highest BCUT2D eigenvalue weighted by Gasteiger charge is 2.38. The predicted octanol–water partition coefficient (Wildman–Crippen LogP) is 3.48. The van der Waals surface area contributed by atoms with Crippen LogP contribution in [0.25, 0.3) is 5.57 Å². The lowest BCUT2D eigenvalue weighted by molar-refractivity contribution is -0.140. The number of nitrogens with one attached hydrogen (secondary N) is 1. The van der Waals surface area contributed by atoms with Crippen LogP contribution >= 0.6 is 0 Å². The number of aryl methyl sites for hydroxylation is 1. The lowest BCUT2D eigenvalue weighted by Crippen LogP contribution is -2.37. The first-order valence-electron chi connectivity index (χ1n) is 9.96. The highest BCUT2D eigenvalue weighted by molar-refractivity contribution is 6.17. The van der Waals surface area contributed by atoms with E-state index in [-0.39, 0.29) is 17.6 Å². The van der Waals surface area contributed by atoms with Crippen LogP contribution in [-0.2, 0) is 21.4 Å². The molecule has 0 atom stereocenters. The van der Waals surface area contributed by atoms with Gasteiger partial charge in [-0.25, -0.2) is 4.79 Å². The molecule has 7 nitrogen and oxygen atoms in total. The fourth-order valence-electron chi connectivity index (χ4n) is 3.71. The number of nitrogens with zero attached hydrogens (tertiary/aromatic N) is 3. The summed E-state index contributed by atoms with van der Waals surface area (Å²) in [7, 11) is 0. The van der Waals surface area contributed by atoms with E-state index in [2.05, 4.69) is 36.0 Å². The van der Waals surface area contributed by atoms with Crippen molar-refractivity contribution in [2.75, 3.05) is 6.54 Å². The third kappa shape index (κ3) is 4.23. The van der Waals surface area contributed by atoms with Crippen LogP contribution in [0.1, 0.15) is 68.3 Å². The van der Waals surface area contributed by atoms with Crippen LogP contribution in [0, 0.1) is 0 Å². The molecule has 1 N–H and O–H groups in total. The van der Waals surface area contributed by atoms with E-state index in [9.17, 15) is 9.59 Å². The smallest absolute Gasteiger partial charge is 0.342 e. The van der Waals surface area contributed by atoms with Crippen molar-refractivity contribution in [1.29, 1.82) is 0 Å². The van der Waals surface area contributed by atoms with Gasteiger partial charge in [0.05, 0.1) is 11.7 Å². The Labute approximate surface area is 171 Å². The third-order valence-electron chi connectivity index (χ3n) is 4.86. The minimum atomic E-state index is -0.488. The van der Waals surface area contributed by atoms with Crippen LogP contribution in [-0.4, -0.2) is 44.6 Å². The monoisotopic (exact) mass is 396 g/mol. The molecule has 29 heavy (non-hydrogen) atoms. The molecule has 1 aliphatic heterocycles. The molecule has 0 fully saturated rings. The number of hydrogen-bond acceptors (Lipinski definition) is 5. The molecule has 7 heteroatoms. The Morgan fingerprint density at radius 3 is 2.72 bits per heavy atom. The number of carbonyl (C=O) groups excluding carboxylic acids is 2. The summed E-state index contributed by atoms with van der Waals surface area (Å²) < 4.78 is 5.46. The Balaban J connectivity index is 2.12. The molecule has 0 aliphatic carbocycles. The quantitative estimate of drug-likeness (QED) is 0.782. The van der Waals surface area contributed by atoms with Gasteiger partial charge < -0.3 is 9.64 Å². The number of hydrogen-bond donors (Lipinski definition) is 1. The summed E-state index contributed by atoms with van der Waals surface area (Å²) in [6.45, 7) is 10.2. The summed E-state index contributed by atoms with van der Waals surface area (Å²) in [5, 5.41) is 7.57. The number of aromatic nitrogens is 3. The second-order valence-electron chi connectivity index (χ2n) is 8.23. The van der Waals surface area contributed by atoms with Crippen LogP contribution in [0.15, 0.2) is 30.7 Å². The molecule has 0 saturated heterocycles. The molecule has 2 aromatic heterocycles. The molecule has 3 rings (SSSR count). The Morgan fingerprint density at radius 1 is 1.34 bits per heavy atom. The number of rotatable bonds is 5. The molecule has 3 heterocycles. The van der Waals surface area contributed by atoms with E-state index >= 15 is 0 Å². The van der Waals surface area contributed by atoms with Crippen molar-refractivity contribution < 1.29 is 14.3 Å². The van der Waals surface area contributed by atoms with E-state index in [1.54, 1.807) is 43.3 Å². The first-order chi connectivity index (χ1) is 13.7. The number of carbonyl (C=O) groups is 2. The second kappa shape index (κ2) is 8.19. The first kappa shape index (κ1) is 20.8. The van der Waals surface area contributed by atoms with Crippen molar-refractivity contribution in [3.05, 3.63) is 53.2 Å². The Kier molecular flexibility index (Phi) is 5.86. The van der Waals surface area contributed by atoms with E-state index in [4.69, 9.17) is 4.74 Å². The standard InChI is InChI=1S/C22H28N4O3/c1-6-8-17-18-19(25-24-17)16(21(28)29-14(2)3)12-26(13-22(18,4)5)20(27)15-9-7-10-23-11-15/h7,9-12,14H,6,8,13H2,1-5H3,(H,24,25). The van der Waals surface area contributed by atoms with Crippen molar-refractivity contribution in [2.45, 2.75) is 59.0 Å². The molecule has 0 bridgehead atoms. The molecule has 0 aromatic carbocycles. The molecule has 0 spiro atoms. The van der Waals surface area contributed by atoms with Gasteiger partial charge in [0.15, 0.2) is 0 Å². The highest BCUT2D eigenvalue weighted by Crippen LogP contribution is 2.37. The van der Waals surface area contributed by atoms with Crippen molar-refractivity contribution in [1.82, 2.24) is 20.1 Å². The summed E-state index contributed by atoms with van der Waals surface area (Å²) in [6.07, 6.45) is 6.20. The summed E-state index contributed by atoms with van der Waals surface area (Å²) in [5.41, 5.74) is 2.85. The average molecular weight is 396 g/mol. The molecular weight excluding hydrogens is 368 g/mol. The van der Waals surface area contributed by atoms with E-state index in [1.807, 2.05) is 0 Å². The minimum absolute atomic E-state index is 0.216. The fraction of sp³-hybridized carbons (Fsp3) is 0.455. The molecule has 0 unspecified atom stereocenters. The molecule has 1 amide bonds. The predicted molar refractivity (Wildman–Crippen MR) is 110 cm³/mol. The molecule has 154 valence electrons. The maximum absolute atomic E-state index is 13.2. The summed E-state index contributed by atoms with van der Waals surface area (Å²) in [4.78, 5) is 31.7. The first-order valence-corrected chi connectivity index (χ1v) is 9.96. The number of esters is 1. The van der Waals surface area contributed by atoms with E-state index in [0.29, 0.717) is 17.8 Å². The SMILES string of the molecule is CCCc1[nH]nc2c1C(C)(C)CN(C(=O)c1cccnc1)C=C2C(=O)OC(C)C.